The third kappa shape index (κ3) is 3.07. The summed E-state index contributed by atoms with van der Waals surface area (Å²) < 4.78 is 0. The molecule has 0 bridgehead atoms. The minimum Gasteiger partial charge on any atom is -0.480 e. The molecule has 1 aromatic carbocycles. The van der Waals surface area contributed by atoms with Crippen molar-refractivity contribution >= 4 is 5.97 Å². The van der Waals surface area contributed by atoms with Crippen LogP contribution in [0.15, 0.2) is 24.3 Å². The number of carboxylic acid groups (broad SMARTS) is 1. The van der Waals surface area contributed by atoms with Crippen LogP contribution < -0.4 is 0 Å². The van der Waals surface area contributed by atoms with E-state index < -0.39 is 12.0 Å². The molecule has 1 saturated carbocycles. The third-order valence-corrected chi connectivity index (χ3v) is 3.32. The summed E-state index contributed by atoms with van der Waals surface area (Å²) in [6, 6.07) is 8.35. The normalized spacial score (nSPS) is 17.1. The van der Waals surface area contributed by atoms with Gasteiger partial charge in [0.2, 0.25) is 0 Å². The van der Waals surface area contributed by atoms with E-state index >= 15 is 0 Å². The highest BCUT2D eigenvalue weighted by atomic mass is 16.4. The van der Waals surface area contributed by atoms with Crippen LogP contribution in [0, 0.1) is 6.92 Å². The van der Waals surface area contributed by atoms with Gasteiger partial charge in [0.25, 0.3) is 0 Å². The molecular formula is C14H19NO2. The number of hydrogen-bond donors (Lipinski definition) is 1. The Hall–Kier alpha value is -1.35. The quantitative estimate of drug-likeness (QED) is 0.849. The van der Waals surface area contributed by atoms with Crippen LogP contribution in [0.2, 0.25) is 0 Å². The average Bonchev–Trinajstić information content (AvgIpc) is 3.09. The van der Waals surface area contributed by atoms with E-state index in [9.17, 15) is 4.79 Å². The molecule has 1 aromatic rings. The van der Waals surface area contributed by atoms with Crippen LogP contribution in [0.1, 0.15) is 30.9 Å². The summed E-state index contributed by atoms with van der Waals surface area (Å²) in [6.45, 7) is 4.57. The zero-order chi connectivity index (χ0) is 12.4. The van der Waals surface area contributed by atoms with Crippen LogP contribution in [0.5, 0.6) is 0 Å². The largest absolute Gasteiger partial charge is 0.480 e. The number of nitrogens with zero attached hydrogens (tertiary/aromatic N) is 1. The molecule has 1 aliphatic rings. The van der Waals surface area contributed by atoms with Gasteiger partial charge in [-0.15, -0.1) is 0 Å². The summed E-state index contributed by atoms with van der Waals surface area (Å²) in [4.78, 5) is 13.2. The minimum atomic E-state index is -0.732. The Balaban J connectivity index is 2.10. The van der Waals surface area contributed by atoms with E-state index in [1.165, 1.54) is 11.1 Å². The molecular weight excluding hydrogens is 214 g/mol. The van der Waals surface area contributed by atoms with Crippen molar-refractivity contribution in [2.24, 2.45) is 0 Å². The Labute approximate surface area is 102 Å². The van der Waals surface area contributed by atoms with Gasteiger partial charge in [-0.25, -0.2) is 0 Å². The fraction of sp³-hybridized carbons (Fsp3) is 0.500. The van der Waals surface area contributed by atoms with E-state index in [1.807, 2.05) is 6.07 Å². The summed E-state index contributed by atoms with van der Waals surface area (Å²) in [7, 11) is 0. The van der Waals surface area contributed by atoms with E-state index in [2.05, 4.69) is 30.0 Å². The molecule has 0 amide bonds. The summed E-state index contributed by atoms with van der Waals surface area (Å²) in [5.41, 5.74) is 2.42. The second-order valence-corrected chi connectivity index (χ2v) is 4.91. The van der Waals surface area contributed by atoms with Gasteiger partial charge < -0.3 is 5.11 Å². The first-order chi connectivity index (χ1) is 8.08. The van der Waals surface area contributed by atoms with E-state index in [0.29, 0.717) is 6.04 Å². The first-order valence-electron chi connectivity index (χ1n) is 6.12. The second-order valence-electron chi connectivity index (χ2n) is 4.91. The Morgan fingerprint density at radius 2 is 2.24 bits per heavy atom. The molecule has 1 N–H and O–H groups in total. The molecule has 92 valence electrons. The molecule has 3 nitrogen and oxygen atoms in total. The van der Waals surface area contributed by atoms with Crippen molar-refractivity contribution < 1.29 is 9.90 Å². The number of carboxylic acids is 1. The van der Waals surface area contributed by atoms with E-state index in [-0.39, 0.29) is 0 Å². The summed E-state index contributed by atoms with van der Waals surface area (Å²) >= 11 is 0. The van der Waals surface area contributed by atoms with Crippen LogP contribution in [-0.2, 0) is 11.3 Å². The predicted molar refractivity (Wildman–Crippen MR) is 66.8 cm³/mol. The lowest BCUT2D eigenvalue weighted by Crippen LogP contribution is -2.40. The van der Waals surface area contributed by atoms with Crippen molar-refractivity contribution in [1.29, 1.82) is 0 Å². The van der Waals surface area contributed by atoms with Gasteiger partial charge in [0, 0.05) is 12.6 Å². The fourth-order valence-corrected chi connectivity index (χ4v) is 2.15. The highest BCUT2D eigenvalue weighted by Crippen LogP contribution is 2.30. The Kier molecular flexibility index (Phi) is 3.48. The Morgan fingerprint density at radius 3 is 2.76 bits per heavy atom. The first kappa shape index (κ1) is 12.1. The van der Waals surface area contributed by atoms with Crippen LogP contribution in [0.3, 0.4) is 0 Å². The summed E-state index contributed by atoms with van der Waals surface area (Å²) in [5, 5.41) is 9.12. The number of rotatable bonds is 5. The highest BCUT2D eigenvalue weighted by molar-refractivity contribution is 5.73. The number of carbonyl (C=O) groups is 1. The number of benzene rings is 1. The number of hydrogen-bond acceptors (Lipinski definition) is 2. The molecule has 0 aliphatic heterocycles. The molecule has 0 spiro atoms. The maximum atomic E-state index is 11.1. The number of aliphatic carboxylic acids is 1. The van der Waals surface area contributed by atoms with Gasteiger partial charge in [0.05, 0.1) is 0 Å². The zero-order valence-electron chi connectivity index (χ0n) is 10.4. The lowest BCUT2D eigenvalue weighted by Gasteiger charge is -2.26. The highest BCUT2D eigenvalue weighted by Gasteiger charge is 2.34. The monoisotopic (exact) mass is 233 g/mol. The molecule has 1 atom stereocenters. The summed E-state index contributed by atoms with van der Waals surface area (Å²) in [6.07, 6.45) is 2.26. The van der Waals surface area contributed by atoms with E-state index in [1.54, 1.807) is 6.92 Å². The van der Waals surface area contributed by atoms with Crippen molar-refractivity contribution in [1.82, 2.24) is 4.90 Å². The molecule has 17 heavy (non-hydrogen) atoms. The smallest absolute Gasteiger partial charge is 0.320 e. The third-order valence-electron chi connectivity index (χ3n) is 3.32. The van der Waals surface area contributed by atoms with Crippen molar-refractivity contribution in [2.45, 2.75) is 45.3 Å². The van der Waals surface area contributed by atoms with Gasteiger partial charge in [-0.2, -0.15) is 0 Å². The average molecular weight is 233 g/mol. The van der Waals surface area contributed by atoms with Crippen molar-refractivity contribution in [3.63, 3.8) is 0 Å². The molecule has 0 saturated heterocycles. The Bertz CT molecular complexity index is 412. The minimum absolute atomic E-state index is 0.400. The second kappa shape index (κ2) is 4.88. The van der Waals surface area contributed by atoms with E-state index in [0.717, 1.165) is 19.4 Å². The van der Waals surface area contributed by atoms with Crippen molar-refractivity contribution in [3.05, 3.63) is 35.4 Å². The molecule has 2 rings (SSSR count). The maximum absolute atomic E-state index is 11.1. The molecule has 1 fully saturated rings. The number of aryl methyl sites for hydroxylation is 1. The maximum Gasteiger partial charge on any atom is 0.320 e. The van der Waals surface area contributed by atoms with E-state index in [4.69, 9.17) is 5.11 Å². The van der Waals surface area contributed by atoms with Crippen LogP contribution in [0.25, 0.3) is 0 Å². The standard InChI is InChI=1S/C14H19NO2/c1-10-4-3-5-12(8-10)9-15(13-6-7-13)11(2)14(16)17/h3-5,8,11,13H,6-7,9H2,1-2H3,(H,16,17). The Morgan fingerprint density at radius 1 is 1.53 bits per heavy atom. The van der Waals surface area contributed by atoms with Gasteiger partial charge in [-0.1, -0.05) is 29.8 Å². The van der Waals surface area contributed by atoms with Gasteiger partial charge in [-0.3, -0.25) is 9.69 Å². The topological polar surface area (TPSA) is 40.5 Å². The predicted octanol–water partition coefficient (Wildman–Crippen LogP) is 2.43. The van der Waals surface area contributed by atoms with Crippen LogP contribution in [0.4, 0.5) is 0 Å². The van der Waals surface area contributed by atoms with Gasteiger partial charge in [-0.05, 0) is 32.3 Å². The summed E-state index contributed by atoms with van der Waals surface area (Å²) in [5.74, 6) is -0.732. The molecule has 0 heterocycles. The lowest BCUT2D eigenvalue weighted by molar-refractivity contribution is -0.143. The van der Waals surface area contributed by atoms with Crippen LogP contribution in [-0.4, -0.2) is 28.1 Å². The SMILES string of the molecule is Cc1cccc(CN(C2CC2)C(C)C(=O)O)c1. The van der Waals surface area contributed by atoms with Gasteiger partial charge >= 0.3 is 5.97 Å². The van der Waals surface area contributed by atoms with Gasteiger partial charge in [0.15, 0.2) is 0 Å². The fourth-order valence-electron chi connectivity index (χ4n) is 2.15. The van der Waals surface area contributed by atoms with Crippen molar-refractivity contribution in [2.75, 3.05) is 0 Å². The van der Waals surface area contributed by atoms with Gasteiger partial charge in [0.1, 0.15) is 6.04 Å². The van der Waals surface area contributed by atoms with Crippen LogP contribution >= 0.6 is 0 Å². The molecule has 1 aliphatic carbocycles. The first-order valence-corrected chi connectivity index (χ1v) is 6.12. The zero-order valence-corrected chi connectivity index (χ0v) is 10.4. The molecule has 0 aromatic heterocycles. The molecule has 3 heteroatoms. The lowest BCUT2D eigenvalue weighted by atomic mass is 10.1. The molecule has 0 radical (unpaired) electrons. The molecule has 1 unspecified atom stereocenters. The van der Waals surface area contributed by atoms with Crippen molar-refractivity contribution in [3.8, 4) is 0 Å².